The maximum absolute atomic E-state index is 13.6. The second-order valence-corrected chi connectivity index (χ2v) is 4.47. The molecule has 2 nitrogen and oxygen atoms in total. The molecule has 0 bridgehead atoms. The van der Waals surface area contributed by atoms with E-state index in [-0.39, 0.29) is 13.8 Å². The summed E-state index contributed by atoms with van der Waals surface area (Å²) >= 11 is 0. The van der Waals surface area contributed by atoms with Crippen LogP contribution in [0, 0.1) is 0 Å². The van der Waals surface area contributed by atoms with Crippen molar-refractivity contribution in [1.82, 2.24) is 0 Å². The molecule has 0 radical (unpaired) electrons. The highest BCUT2D eigenvalue weighted by atomic mass is 19.4. The molecule has 0 spiro atoms. The number of hydrogen-bond donors (Lipinski definition) is 0. The van der Waals surface area contributed by atoms with Gasteiger partial charge in [-0.1, -0.05) is 0 Å². The largest absolute Gasteiger partial charge is 0.450 e. The Morgan fingerprint density at radius 3 is 1.89 bits per heavy atom. The fraction of sp³-hybridized carbons (Fsp3) is 1.00. The summed E-state index contributed by atoms with van der Waals surface area (Å²) in [6.07, 6.45) is -5.65. The van der Waals surface area contributed by atoms with Gasteiger partial charge in [0, 0.05) is 0 Å². The summed E-state index contributed by atoms with van der Waals surface area (Å²) in [4.78, 5) is 0. The van der Waals surface area contributed by atoms with Crippen molar-refractivity contribution in [2.45, 2.75) is 43.3 Å². The Labute approximate surface area is 102 Å². The van der Waals surface area contributed by atoms with Crippen LogP contribution in [0.25, 0.3) is 0 Å². The van der Waals surface area contributed by atoms with Crippen LogP contribution >= 0.6 is 0 Å². The molecule has 3 unspecified atom stereocenters. The monoisotopic (exact) mass is 302 g/mol. The Hall–Kier alpha value is -0.640. The second kappa shape index (κ2) is 4.18. The van der Waals surface area contributed by atoms with Crippen LogP contribution in [0.5, 0.6) is 0 Å². The van der Waals surface area contributed by atoms with E-state index in [0.717, 1.165) is 0 Å². The van der Waals surface area contributed by atoms with Crippen LogP contribution in [0.1, 0.15) is 13.8 Å². The molecule has 19 heavy (non-hydrogen) atoms. The first-order chi connectivity index (χ1) is 8.22. The van der Waals surface area contributed by atoms with Crippen molar-refractivity contribution in [2.75, 3.05) is 13.3 Å². The van der Waals surface area contributed by atoms with Crippen molar-refractivity contribution in [3.63, 3.8) is 0 Å². The molecule has 0 amide bonds. The van der Waals surface area contributed by atoms with Gasteiger partial charge in [0.2, 0.25) is 11.5 Å². The molecule has 0 N–H and O–H groups in total. The Bertz CT molecular complexity index is 355. The van der Waals surface area contributed by atoms with E-state index >= 15 is 0 Å². The maximum atomic E-state index is 13.6. The number of halogens is 8. The minimum Gasteiger partial charge on any atom is -0.338 e. The molecule has 1 fully saturated rings. The van der Waals surface area contributed by atoms with Crippen LogP contribution in [0.3, 0.4) is 0 Å². The molecule has 1 rings (SSSR count). The van der Waals surface area contributed by atoms with Crippen molar-refractivity contribution in [3.05, 3.63) is 0 Å². The van der Waals surface area contributed by atoms with Crippen LogP contribution in [0.2, 0.25) is 0 Å². The summed E-state index contributed by atoms with van der Waals surface area (Å²) in [6, 6.07) is 0. The fourth-order valence-electron chi connectivity index (χ4n) is 1.45. The summed E-state index contributed by atoms with van der Waals surface area (Å²) in [5, 5.41) is 0. The first kappa shape index (κ1) is 16.4. The Morgan fingerprint density at radius 1 is 1.11 bits per heavy atom. The standard InChI is InChI=1S/C9H10F8O2/c1-5(11,3-10)8(13,14)6(2)18-4-7(12,19-6)9(15,16)17/h3-4H2,1-2H3. The molecule has 1 saturated heterocycles. The molecule has 114 valence electrons. The summed E-state index contributed by atoms with van der Waals surface area (Å²) < 4.78 is 110. The SMILES string of the molecule is CC(F)(CF)C(F)(F)C1(C)OCC(F)(C(F)(F)F)O1. The molecule has 0 saturated carbocycles. The topological polar surface area (TPSA) is 18.5 Å². The van der Waals surface area contributed by atoms with Crippen molar-refractivity contribution in [1.29, 1.82) is 0 Å². The van der Waals surface area contributed by atoms with E-state index < -0.39 is 42.7 Å². The summed E-state index contributed by atoms with van der Waals surface area (Å²) in [6.45, 7) is -3.79. The van der Waals surface area contributed by atoms with Gasteiger partial charge in [-0.25, -0.2) is 8.78 Å². The van der Waals surface area contributed by atoms with Gasteiger partial charge in [-0.05, 0) is 13.8 Å². The van der Waals surface area contributed by atoms with Gasteiger partial charge in [0.25, 0.3) is 0 Å². The fourth-order valence-corrected chi connectivity index (χ4v) is 1.45. The summed E-state index contributed by atoms with van der Waals surface area (Å²) in [7, 11) is 0. The van der Waals surface area contributed by atoms with Crippen LogP contribution in [-0.4, -0.2) is 42.7 Å². The van der Waals surface area contributed by atoms with Gasteiger partial charge >= 0.3 is 18.0 Å². The molecular formula is C9H10F8O2. The predicted octanol–water partition coefficient (Wildman–Crippen LogP) is 3.31. The summed E-state index contributed by atoms with van der Waals surface area (Å²) in [5.41, 5.74) is -3.88. The van der Waals surface area contributed by atoms with E-state index in [0.29, 0.717) is 0 Å². The number of rotatable bonds is 3. The van der Waals surface area contributed by atoms with E-state index in [1.807, 2.05) is 0 Å². The molecule has 1 aliphatic heterocycles. The Morgan fingerprint density at radius 2 is 1.58 bits per heavy atom. The summed E-state index contributed by atoms with van der Waals surface area (Å²) in [5.74, 6) is -12.9. The minimum atomic E-state index is -5.65. The number of ether oxygens (including phenoxy) is 2. The average molecular weight is 302 g/mol. The zero-order valence-corrected chi connectivity index (χ0v) is 9.75. The van der Waals surface area contributed by atoms with Gasteiger partial charge in [-0.2, -0.15) is 26.3 Å². The third-order valence-corrected chi connectivity index (χ3v) is 2.79. The molecule has 3 atom stereocenters. The maximum Gasteiger partial charge on any atom is 0.450 e. The van der Waals surface area contributed by atoms with Crippen molar-refractivity contribution in [3.8, 4) is 0 Å². The first-order valence-corrected chi connectivity index (χ1v) is 4.95. The van der Waals surface area contributed by atoms with Crippen molar-refractivity contribution < 1.29 is 44.6 Å². The lowest BCUT2D eigenvalue weighted by Gasteiger charge is -2.38. The van der Waals surface area contributed by atoms with Crippen LogP contribution in [0.4, 0.5) is 35.1 Å². The van der Waals surface area contributed by atoms with Crippen LogP contribution in [-0.2, 0) is 9.47 Å². The van der Waals surface area contributed by atoms with Gasteiger partial charge < -0.3 is 4.74 Å². The van der Waals surface area contributed by atoms with Gasteiger partial charge in [-0.3, -0.25) is 4.74 Å². The third kappa shape index (κ3) is 2.28. The van der Waals surface area contributed by atoms with E-state index in [2.05, 4.69) is 9.47 Å². The van der Waals surface area contributed by atoms with E-state index in [1.54, 1.807) is 0 Å². The highest BCUT2D eigenvalue weighted by Gasteiger charge is 2.75. The molecule has 0 aliphatic carbocycles. The highest BCUT2D eigenvalue weighted by molar-refractivity contribution is 5.03. The van der Waals surface area contributed by atoms with Gasteiger partial charge in [0.1, 0.15) is 13.3 Å². The Balaban J connectivity index is 3.10. The van der Waals surface area contributed by atoms with Gasteiger partial charge in [-0.15, -0.1) is 0 Å². The van der Waals surface area contributed by atoms with E-state index in [4.69, 9.17) is 0 Å². The molecular weight excluding hydrogens is 292 g/mol. The average Bonchev–Trinajstić information content (AvgIpc) is 2.57. The first-order valence-electron chi connectivity index (χ1n) is 4.95. The lowest BCUT2D eigenvalue weighted by atomic mass is 9.94. The van der Waals surface area contributed by atoms with E-state index in [1.165, 1.54) is 0 Å². The quantitative estimate of drug-likeness (QED) is 0.745. The van der Waals surface area contributed by atoms with Gasteiger partial charge in [0.05, 0.1) is 0 Å². The molecule has 0 aromatic carbocycles. The number of alkyl halides is 8. The van der Waals surface area contributed by atoms with Crippen molar-refractivity contribution >= 4 is 0 Å². The minimum absolute atomic E-state index is 0.108. The molecule has 0 aromatic rings. The second-order valence-electron chi connectivity index (χ2n) is 4.47. The van der Waals surface area contributed by atoms with Crippen LogP contribution < -0.4 is 0 Å². The highest BCUT2D eigenvalue weighted by Crippen LogP contribution is 2.52. The molecule has 1 heterocycles. The Kier molecular flexibility index (Phi) is 3.61. The zero-order valence-electron chi connectivity index (χ0n) is 9.75. The van der Waals surface area contributed by atoms with Gasteiger partial charge in [0.15, 0.2) is 0 Å². The molecule has 1 aliphatic rings. The normalized spacial score (nSPS) is 36.3. The molecule has 0 aromatic heterocycles. The lowest BCUT2D eigenvalue weighted by Crippen LogP contribution is -2.60. The predicted molar refractivity (Wildman–Crippen MR) is 45.8 cm³/mol. The van der Waals surface area contributed by atoms with Crippen LogP contribution in [0.15, 0.2) is 0 Å². The smallest absolute Gasteiger partial charge is 0.338 e. The van der Waals surface area contributed by atoms with E-state index in [9.17, 15) is 35.1 Å². The zero-order chi connectivity index (χ0) is 15.3. The third-order valence-electron chi connectivity index (χ3n) is 2.79. The molecule has 10 heteroatoms. The van der Waals surface area contributed by atoms with Crippen molar-refractivity contribution in [2.24, 2.45) is 0 Å². The number of hydrogen-bond acceptors (Lipinski definition) is 2. The lowest BCUT2D eigenvalue weighted by molar-refractivity contribution is -0.381.